The Morgan fingerprint density at radius 1 is 1.16 bits per heavy atom. The van der Waals surface area contributed by atoms with Gasteiger partial charge in [-0.2, -0.15) is 0 Å². The van der Waals surface area contributed by atoms with Gasteiger partial charge in [-0.05, 0) is 75.8 Å². The van der Waals surface area contributed by atoms with Gasteiger partial charge in [-0.25, -0.2) is 0 Å². The van der Waals surface area contributed by atoms with Crippen molar-refractivity contribution in [3.8, 4) is 0 Å². The molecule has 0 radical (unpaired) electrons. The van der Waals surface area contributed by atoms with Gasteiger partial charge in [-0.15, -0.1) is 0 Å². The van der Waals surface area contributed by atoms with Gasteiger partial charge in [0.15, 0.2) is 0 Å². The predicted octanol–water partition coefficient (Wildman–Crippen LogP) is 2.98. The second-order valence-electron chi connectivity index (χ2n) is 10.2. The Bertz CT molecular complexity index is 714. The van der Waals surface area contributed by atoms with Crippen molar-refractivity contribution in [3.05, 3.63) is 23.7 Å². The monoisotopic (exact) mass is 430 g/mol. The van der Waals surface area contributed by atoms with E-state index in [2.05, 4.69) is 22.4 Å². The Balaban J connectivity index is 1.22. The van der Waals surface area contributed by atoms with Gasteiger partial charge < -0.3 is 24.8 Å². The van der Waals surface area contributed by atoms with Crippen molar-refractivity contribution in [1.29, 1.82) is 0 Å². The van der Waals surface area contributed by atoms with Crippen LogP contribution < -0.4 is 5.32 Å². The molecule has 2 aliphatic heterocycles. The largest absolute Gasteiger partial charge is 0.491 e. The van der Waals surface area contributed by atoms with Crippen LogP contribution in [0.5, 0.6) is 0 Å². The molecule has 6 atom stereocenters. The minimum absolute atomic E-state index is 0.104. The first-order valence-corrected chi connectivity index (χ1v) is 12.5. The van der Waals surface area contributed by atoms with Crippen molar-refractivity contribution >= 4 is 5.91 Å². The average Bonchev–Trinajstić information content (AvgIpc) is 3.46. The summed E-state index contributed by atoms with van der Waals surface area (Å²) < 4.78 is 11.6. The number of likely N-dealkylation sites (tertiary alicyclic amines) is 1. The van der Waals surface area contributed by atoms with E-state index in [-0.39, 0.29) is 23.8 Å². The molecule has 31 heavy (non-hydrogen) atoms. The molecule has 6 heteroatoms. The van der Waals surface area contributed by atoms with Gasteiger partial charge in [-0.1, -0.05) is 12.2 Å². The van der Waals surface area contributed by atoms with Gasteiger partial charge in [0, 0.05) is 25.3 Å². The van der Waals surface area contributed by atoms with Crippen LogP contribution in [0.4, 0.5) is 0 Å². The number of aliphatic hydroxyl groups excluding tert-OH is 1. The van der Waals surface area contributed by atoms with Crippen LogP contribution in [-0.4, -0.2) is 60.9 Å². The standard InChI is InChI=1S/C25H38N2O4/c28-24(18-8-9-22-23(14-18)31-13-12-30-22)21(16-27-10-4-5-11-27)26-25(29)20-15-19(20)17-6-2-1-3-7-17/h1-2,17-21,24,28H,3-16H2,(H,26,29)/t17?,18?,19?,20?,21-,24-/m1/s1. The summed E-state index contributed by atoms with van der Waals surface area (Å²) in [4.78, 5) is 15.5. The lowest BCUT2D eigenvalue weighted by Crippen LogP contribution is -2.53. The Kier molecular flexibility index (Phi) is 6.56. The van der Waals surface area contributed by atoms with Crippen LogP contribution in [0.15, 0.2) is 23.7 Å². The second-order valence-corrected chi connectivity index (χ2v) is 10.2. The molecule has 1 saturated carbocycles. The minimum Gasteiger partial charge on any atom is -0.491 e. The smallest absolute Gasteiger partial charge is 0.223 e. The summed E-state index contributed by atoms with van der Waals surface area (Å²) in [5.41, 5.74) is 0. The van der Waals surface area contributed by atoms with Crippen molar-refractivity contribution < 1.29 is 19.4 Å². The quantitative estimate of drug-likeness (QED) is 0.608. The van der Waals surface area contributed by atoms with Crippen LogP contribution in [0.3, 0.4) is 0 Å². The van der Waals surface area contributed by atoms with E-state index in [4.69, 9.17) is 9.47 Å². The summed E-state index contributed by atoms with van der Waals surface area (Å²) in [5, 5.41) is 14.7. The van der Waals surface area contributed by atoms with Gasteiger partial charge in [0.1, 0.15) is 24.7 Å². The first-order chi connectivity index (χ1) is 15.2. The molecule has 0 aromatic carbocycles. The first-order valence-electron chi connectivity index (χ1n) is 12.5. The van der Waals surface area contributed by atoms with Gasteiger partial charge in [0.2, 0.25) is 5.91 Å². The summed E-state index contributed by atoms with van der Waals surface area (Å²) in [6.07, 6.45) is 13.3. The number of aliphatic hydroxyl groups is 1. The number of rotatable bonds is 7. The maximum absolute atomic E-state index is 13.1. The fraction of sp³-hybridized carbons (Fsp3) is 0.800. The van der Waals surface area contributed by atoms with E-state index in [1.165, 1.54) is 19.3 Å². The zero-order valence-electron chi connectivity index (χ0n) is 18.6. The minimum atomic E-state index is -0.557. The molecule has 4 unspecified atom stereocenters. The molecular formula is C25H38N2O4. The number of carbonyl (C=O) groups is 1. The number of ether oxygens (including phenoxy) is 2. The first kappa shape index (κ1) is 21.3. The molecule has 3 aliphatic carbocycles. The highest BCUT2D eigenvalue weighted by Gasteiger charge is 2.48. The molecule has 172 valence electrons. The molecule has 0 aromatic heterocycles. The molecule has 1 saturated heterocycles. The van der Waals surface area contributed by atoms with Crippen molar-refractivity contribution in [1.82, 2.24) is 10.2 Å². The van der Waals surface area contributed by atoms with Crippen molar-refractivity contribution in [2.45, 2.75) is 69.9 Å². The molecule has 2 fully saturated rings. The molecular weight excluding hydrogens is 392 g/mol. The topological polar surface area (TPSA) is 71.0 Å². The van der Waals surface area contributed by atoms with Gasteiger partial charge in [0.05, 0.1) is 12.1 Å². The predicted molar refractivity (Wildman–Crippen MR) is 118 cm³/mol. The lowest BCUT2D eigenvalue weighted by atomic mass is 9.83. The third kappa shape index (κ3) is 4.95. The maximum Gasteiger partial charge on any atom is 0.223 e. The van der Waals surface area contributed by atoms with E-state index in [0.717, 1.165) is 63.3 Å². The molecule has 6 nitrogen and oxygen atoms in total. The normalized spacial score (nSPS) is 35.0. The zero-order valence-corrected chi connectivity index (χ0v) is 18.6. The van der Waals surface area contributed by atoms with Crippen LogP contribution >= 0.6 is 0 Å². The van der Waals surface area contributed by atoms with E-state index in [0.29, 0.717) is 31.5 Å². The molecule has 0 bridgehead atoms. The summed E-state index contributed by atoms with van der Waals surface area (Å²) in [6.45, 7) is 4.09. The number of nitrogens with zero attached hydrogens (tertiary/aromatic N) is 1. The highest BCUT2D eigenvalue weighted by atomic mass is 16.6. The second kappa shape index (κ2) is 9.53. The molecule has 5 aliphatic rings. The van der Waals surface area contributed by atoms with Gasteiger partial charge in [-0.3, -0.25) is 4.79 Å². The van der Waals surface area contributed by atoms with Crippen molar-refractivity contribution in [3.63, 3.8) is 0 Å². The number of carbonyl (C=O) groups excluding carboxylic acids is 1. The number of hydrogen-bond acceptors (Lipinski definition) is 5. The Morgan fingerprint density at radius 3 is 2.74 bits per heavy atom. The lowest BCUT2D eigenvalue weighted by molar-refractivity contribution is -0.125. The van der Waals surface area contributed by atoms with Gasteiger partial charge in [0.25, 0.3) is 0 Å². The van der Waals surface area contributed by atoms with E-state index in [9.17, 15) is 9.90 Å². The van der Waals surface area contributed by atoms with Crippen LogP contribution in [0.25, 0.3) is 0 Å². The molecule has 2 N–H and O–H groups in total. The SMILES string of the molecule is O=C(N[C@H](CN1CCCC1)[C@H](O)C1CCC2=C(C1)OCCO2)C1CC1C1CC=CCC1. The third-order valence-corrected chi connectivity index (χ3v) is 8.10. The maximum atomic E-state index is 13.1. The number of hydrogen-bond donors (Lipinski definition) is 2. The summed E-state index contributed by atoms with van der Waals surface area (Å²) in [5.74, 6) is 3.49. The molecule has 2 heterocycles. The highest BCUT2D eigenvalue weighted by Crippen LogP contribution is 2.48. The van der Waals surface area contributed by atoms with E-state index in [1.54, 1.807) is 0 Å². The number of amides is 1. The summed E-state index contributed by atoms with van der Waals surface area (Å²) in [6, 6.07) is -0.213. The fourth-order valence-corrected chi connectivity index (χ4v) is 6.17. The lowest BCUT2D eigenvalue weighted by Gasteiger charge is -2.37. The number of allylic oxidation sites excluding steroid dienone is 4. The highest BCUT2D eigenvalue weighted by molar-refractivity contribution is 5.82. The molecule has 0 aromatic rings. The third-order valence-electron chi connectivity index (χ3n) is 8.10. The van der Waals surface area contributed by atoms with Crippen LogP contribution in [-0.2, 0) is 14.3 Å². The fourth-order valence-electron chi connectivity index (χ4n) is 6.17. The average molecular weight is 431 g/mol. The van der Waals surface area contributed by atoms with E-state index >= 15 is 0 Å². The van der Waals surface area contributed by atoms with Gasteiger partial charge >= 0.3 is 0 Å². The Labute approximate surface area is 186 Å². The molecule has 0 spiro atoms. The van der Waals surface area contributed by atoms with E-state index in [1.807, 2.05) is 0 Å². The molecule has 1 amide bonds. The summed E-state index contributed by atoms with van der Waals surface area (Å²) in [7, 11) is 0. The van der Waals surface area contributed by atoms with Crippen molar-refractivity contribution in [2.75, 3.05) is 32.8 Å². The molecule has 5 rings (SSSR count). The Hall–Kier alpha value is -1.53. The van der Waals surface area contributed by atoms with Crippen LogP contribution in [0.2, 0.25) is 0 Å². The number of nitrogens with one attached hydrogen (secondary N) is 1. The van der Waals surface area contributed by atoms with Crippen LogP contribution in [0.1, 0.15) is 57.8 Å². The van der Waals surface area contributed by atoms with Crippen molar-refractivity contribution in [2.24, 2.45) is 23.7 Å². The van der Waals surface area contributed by atoms with Crippen LogP contribution in [0, 0.1) is 23.7 Å². The zero-order chi connectivity index (χ0) is 21.2. The Morgan fingerprint density at radius 2 is 1.97 bits per heavy atom. The summed E-state index contributed by atoms with van der Waals surface area (Å²) >= 11 is 0. The van der Waals surface area contributed by atoms with E-state index < -0.39 is 6.10 Å².